The van der Waals surface area contributed by atoms with Gasteiger partial charge in [-0.05, 0) is 43.4 Å². The van der Waals surface area contributed by atoms with Gasteiger partial charge in [-0.25, -0.2) is 0 Å². The lowest BCUT2D eigenvalue weighted by Crippen LogP contribution is -2.05. The third-order valence-corrected chi connectivity index (χ3v) is 5.44. The number of aliphatic hydroxyl groups is 1. The van der Waals surface area contributed by atoms with Crippen LogP contribution in [0.25, 0.3) is 0 Å². The second kappa shape index (κ2) is 5.87. The summed E-state index contributed by atoms with van der Waals surface area (Å²) in [5.74, 6) is 2.35. The number of aliphatic hydroxyl groups excluding tert-OH is 1. The normalized spacial score (nSPS) is 19.4. The molecular weight excluding hydrogens is 318 g/mol. The first-order valence-electron chi connectivity index (χ1n) is 7.73. The monoisotopic (exact) mass is 335 g/mol. The molecule has 1 N–H and O–H groups in total. The highest BCUT2D eigenvalue weighted by Gasteiger charge is 2.36. The standard InChI is InChI=1S/C16H18ClN3OS/c17-12-5-3-10(4-6-12)14(21)9-22-16-19-18-15(11-1-2-11)20(16)13-7-8-13/h3-6,11,13-14,21H,1-2,7-9H2. The molecule has 2 aromatic rings. The molecule has 1 aromatic heterocycles. The Kier molecular flexibility index (Phi) is 3.88. The summed E-state index contributed by atoms with van der Waals surface area (Å²) in [4.78, 5) is 0. The summed E-state index contributed by atoms with van der Waals surface area (Å²) in [5, 5.41) is 20.7. The average Bonchev–Trinajstić information content (AvgIpc) is 3.44. The van der Waals surface area contributed by atoms with E-state index in [1.807, 2.05) is 24.3 Å². The van der Waals surface area contributed by atoms with E-state index in [9.17, 15) is 5.11 Å². The first kappa shape index (κ1) is 14.5. The van der Waals surface area contributed by atoms with Crippen molar-refractivity contribution in [2.24, 2.45) is 0 Å². The summed E-state index contributed by atoms with van der Waals surface area (Å²) in [6.45, 7) is 0. The molecule has 1 atom stereocenters. The molecule has 2 aliphatic carbocycles. The van der Waals surface area contributed by atoms with Crippen molar-refractivity contribution in [3.05, 3.63) is 40.7 Å². The molecule has 2 saturated carbocycles. The summed E-state index contributed by atoms with van der Waals surface area (Å²) in [7, 11) is 0. The lowest BCUT2D eigenvalue weighted by molar-refractivity contribution is 0.204. The maximum atomic E-state index is 10.3. The van der Waals surface area contributed by atoms with Gasteiger partial charge in [-0.15, -0.1) is 10.2 Å². The van der Waals surface area contributed by atoms with Crippen LogP contribution < -0.4 is 0 Å². The molecule has 0 saturated heterocycles. The van der Waals surface area contributed by atoms with Crippen molar-refractivity contribution in [3.8, 4) is 0 Å². The zero-order valence-corrected chi connectivity index (χ0v) is 13.7. The summed E-state index contributed by atoms with van der Waals surface area (Å²) in [6.07, 6.45) is 4.41. The van der Waals surface area contributed by atoms with Crippen molar-refractivity contribution in [2.75, 3.05) is 5.75 Å². The first-order valence-corrected chi connectivity index (χ1v) is 9.10. The van der Waals surface area contributed by atoms with Crippen LogP contribution in [0.4, 0.5) is 0 Å². The Morgan fingerprint density at radius 3 is 2.55 bits per heavy atom. The minimum absolute atomic E-state index is 0.518. The quantitative estimate of drug-likeness (QED) is 0.811. The van der Waals surface area contributed by atoms with Crippen molar-refractivity contribution >= 4 is 23.4 Å². The van der Waals surface area contributed by atoms with Gasteiger partial charge in [0.25, 0.3) is 0 Å². The number of thioether (sulfide) groups is 1. The van der Waals surface area contributed by atoms with Crippen LogP contribution in [0, 0.1) is 0 Å². The van der Waals surface area contributed by atoms with E-state index in [0.717, 1.165) is 16.5 Å². The maximum Gasteiger partial charge on any atom is 0.191 e. The largest absolute Gasteiger partial charge is 0.388 e. The average molecular weight is 336 g/mol. The van der Waals surface area contributed by atoms with E-state index in [-0.39, 0.29) is 0 Å². The van der Waals surface area contributed by atoms with E-state index in [0.29, 0.717) is 22.7 Å². The summed E-state index contributed by atoms with van der Waals surface area (Å²) in [5.41, 5.74) is 0.886. The molecule has 22 heavy (non-hydrogen) atoms. The van der Waals surface area contributed by atoms with Crippen molar-refractivity contribution in [1.82, 2.24) is 14.8 Å². The number of halogens is 1. The van der Waals surface area contributed by atoms with Gasteiger partial charge >= 0.3 is 0 Å². The number of nitrogens with zero attached hydrogens (tertiary/aromatic N) is 3. The Morgan fingerprint density at radius 2 is 1.91 bits per heavy atom. The van der Waals surface area contributed by atoms with Gasteiger partial charge in [0.15, 0.2) is 5.16 Å². The molecule has 4 nitrogen and oxygen atoms in total. The van der Waals surface area contributed by atoms with E-state index < -0.39 is 6.10 Å². The SMILES string of the molecule is OC(CSc1nnc(C2CC2)n1C1CC1)c1ccc(Cl)cc1. The highest BCUT2D eigenvalue weighted by molar-refractivity contribution is 7.99. The fourth-order valence-corrected chi connectivity index (χ4v) is 3.72. The van der Waals surface area contributed by atoms with Crippen LogP contribution in [-0.2, 0) is 0 Å². The van der Waals surface area contributed by atoms with Gasteiger partial charge < -0.3 is 9.67 Å². The fraction of sp³-hybridized carbons (Fsp3) is 0.500. The highest BCUT2D eigenvalue weighted by Crippen LogP contribution is 2.46. The molecule has 4 rings (SSSR count). The van der Waals surface area contributed by atoms with E-state index >= 15 is 0 Å². The van der Waals surface area contributed by atoms with Crippen LogP contribution in [0.15, 0.2) is 29.4 Å². The third-order valence-electron chi connectivity index (χ3n) is 4.17. The van der Waals surface area contributed by atoms with Crippen LogP contribution in [0.3, 0.4) is 0 Å². The van der Waals surface area contributed by atoms with Gasteiger partial charge in [0.2, 0.25) is 0 Å². The van der Waals surface area contributed by atoms with Crippen LogP contribution in [0.2, 0.25) is 5.02 Å². The summed E-state index contributed by atoms with van der Waals surface area (Å²) in [6, 6.07) is 7.94. The van der Waals surface area contributed by atoms with Crippen LogP contribution in [-0.4, -0.2) is 25.6 Å². The topological polar surface area (TPSA) is 50.9 Å². The van der Waals surface area contributed by atoms with Crippen molar-refractivity contribution < 1.29 is 5.11 Å². The lowest BCUT2D eigenvalue weighted by Gasteiger charge is -2.12. The Labute approximate surface area is 138 Å². The molecule has 0 radical (unpaired) electrons. The fourth-order valence-electron chi connectivity index (χ4n) is 2.62. The van der Waals surface area contributed by atoms with E-state index in [1.54, 1.807) is 11.8 Å². The predicted molar refractivity (Wildman–Crippen MR) is 87.4 cm³/mol. The minimum Gasteiger partial charge on any atom is -0.388 e. The van der Waals surface area contributed by atoms with Crippen molar-refractivity contribution in [2.45, 2.75) is 48.9 Å². The number of hydrogen-bond donors (Lipinski definition) is 1. The van der Waals surface area contributed by atoms with Gasteiger partial charge in [-0.2, -0.15) is 0 Å². The zero-order valence-electron chi connectivity index (χ0n) is 12.2. The Balaban J connectivity index is 1.46. The molecule has 116 valence electrons. The first-order chi connectivity index (χ1) is 10.7. The lowest BCUT2D eigenvalue weighted by atomic mass is 10.1. The van der Waals surface area contributed by atoms with E-state index in [1.165, 1.54) is 25.7 Å². The molecule has 0 amide bonds. The van der Waals surface area contributed by atoms with Crippen LogP contribution in [0.1, 0.15) is 55.1 Å². The molecule has 1 unspecified atom stereocenters. The smallest absolute Gasteiger partial charge is 0.191 e. The zero-order chi connectivity index (χ0) is 15.1. The molecule has 0 aliphatic heterocycles. The number of benzene rings is 1. The third kappa shape index (κ3) is 3.03. The molecule has 2 aliphatic rings. The second-order valence-corrected chi connectivity index (χ2v) is 7.52. The van der Waals surface area contributed by atoms with Gasteiger partial charge in [-0.1, -0.05) is 35.5 Å². The number of rotatable bonds is 6. The Bertz CT molecular complexity index is 665. The van der Waals surface area contributed by atoms with Gasteiger partial charge in [0, 0.05) is 22.7 Å². The Morgan fingerprint density at radius 1 is 1.18 bits per heavy atom. The van der Waals surface area contributed by atoms with Crippen molar-refractivity contribution in [3.63, 3.8) is 0 Å². The summed E-state index contributed by atoms with van der Waals surface area (Å²) < 4.78 is 2.32. The van der Waals surface area contributed by atoms with E-state index in [4.69, 9.17) is 11.6 Å². The van der Waals surface area contributed by atoms with Crippen LogP contribution in [0.5, 0.6) is 0 Å². The minimum atomic E-state index is -0.518. The summed E-state index contributed by atoms with van der Waals surface area (Å²) >= 11 is 7.48. The molecule has 0 spiro atoms. The molecule has 1 heterocycles. The van der Waals surface area contributed by atoms with E-state index in [2.05, 4.69) is 14.8 Å². The number of aromatic nitrogens is 3. The molecule has 6 heteroatoms. The molecular formula is C16H18ClN3OS. The number of hydrogen-bond acceptors (Lipinski definition) is 4. The van der Waals surface area contributed by atoms with Crippen LogP contribution >= 0.6 is 23.4 Å². The van der Waals surface area contributed by atoms with Gasteiger partial charge in [0.05, 0.1) is 6.10 Å². The predicted octanol–water partition coefficient (Wildman–Crippen LogP) is 3.97. The maximum absolute atomic E-state index is 10.3. The molecule has 2 fully saturated rings. The molecule has 1 aromatic carbocycles. The Hall–Kier alpha value is -1.04. The van der Waals surface area contributed by atoms with Crippen molar-refractivity contribution in [1.29, 1.82) is 0 Å². The second-order valence-electron chi connectivity index (χ2n) is 6.09. The van der Waals surface area contributed by atoms with Gasteiger partial charge in [-0.3, -0.25) is 0 Å². The highest BCUT2D eigenvalue weighted by atomic mass is 35.5. The molecule has 0 bridgehead atoms. The van der Waals surface area contributed by atoms with Gasteiger partial charge in [0.1, 0.15) is 5.82 Å².